The summed E-state index contributed by atoms with van der Waals surface area (Å²) in [5.41, 5.74) is 2.15. The quantitative estimate of drug-likeness (QED) is 0.626. The molecule has 8 heteroatoms. The van der Waals surface area contributed by atoms with Gasteiger partial charge in [-0.25, -0.2) is 8.42 Å². The summed E-state index contributed by atoms with van der Waals surface area (Å²) in [6.45, 7) is 8.17. The molecular formula is C24H28N2O5S. The molecule has 0 spiro atoms. The number of amides is 1. The highest BCUT2D eigenvalue weighted by Gasteiger charge is 2.32. The first-order valence-corrected chi connectivity index (χ1v) is 12.2. The van der Waals surface area contributed by atoms with Crippen molar-refractivity contribution in [1.82, 2.24) is 9.62 Å². The van der Waals surface area contributed by atoms with E-state index in [-0.39, 0.29) is 29.1 Å². The van der Waals surface area contributed by atoms with Crippen LogP contribution in [0.3, 0.4) is 0 Å². The largest absolute Gasteiger partial charge is 0.459 e. The SMILES string of the molecule is Cc1c(C(C)NC(=O)c2ccc(S(=O)(=O)N3CC(C)OC(C)C3)cc2)oc2ccccc12. The molecule has 4 rings (SSSR count). The van der Waals surface area contributed by atoms with Crippen LogP contribution >= 0.6 is 0 Å². The first-order chi connectivity index (χ1) is 15.2. The van der Waals surface area contributed by atoms with Gasteiger partial charge in [-0.05, 0) is 58.0 Å². The van der Waals surface area contributed by atoms with E-state index >= 15 is 0 Å². The van der Waals surface area contributed by atoms with Gasteiger partial charge in [0.15, 0.2) is 0 Å². The van der Waals surface area contributed by atoms with Gasteiger partial charge in [0.25, 0.3) is 5.91 Å². The number of rotatable bonds is 5. The summed E-state index contributed by atoms with van der Waals surface area (Å²) in [7, 11) is -3.65. The van der Waals surface area contributed by atoms with Gasteiger partial charge >= 0.3 is 0 Å². The molecule has 170 valence electrons. The molecule has 3 unspecified atom stereocenters. The Morgan fingerprint density at radius 2 is 1.69 bits per heavy atom. The summed E-state index contributed by atoms with van der Waals surface area (Å²) >= 11 is 0. The van der Waals surface area contributed by atoms with Gasteiger partial charge in [0.1, 0.15) is 11.3 Å². The molecular weight excluding hydrogens is 428 g/mol. The molecule has 1 aliphatic rings. The van der Waals surface area contributed by atoms with Gasteiger partial charge in [0.2, 0.25) is 10.0 Å². The van der Waals surface area contributed by atoms with Crippen LogP contribution in [0, 0.1) is 6.92 Å². The minimum absolute atomic E-state index is 0.163. The number of aryl methyl sites for hydroxylation is 1. The van der Waals surface area contributed by atoms with E-state index in [0.717, 1.165) is 16.5 Å². The lowest BCUT2D eigenvalue weighted by atomic mass is 10.1. The number of hydrogen-bond acceptors (Lipinski definition) is 5. The van der Waals surface area contributed by atoms with Gasteiger partial charge < -0.3 is 14.5 Å². The van der Waals surface area contributed by atoms with E-state index in [0.29, 0.717) is 24.4 Å². The lowest BCUT2D eigenvalue weighted by molar-refractivity contribution is -0.0440. The molecule has 3 aromatic rings. The smallest absolute Gasteiger partial charge is 0.251 e. The summed E-state index contributed by atoms with van der Waals surface area (Å²) in [5.74, 6) is 0.407. The predicted molar refractivity (Wildman–Crippen MR) is 122 cm³/mol. The number of ether oxygens (including phenoxy) is 1. The van der Waals surface area contributed by atoms with Crippen LogP contribution in [0.4, 0.5) is 0 Å². The number of sulfonamides is 1. The van der Waals surface area contributed by atoms with Crippen LogP contribution in [-0.4, -0.2) is 43.9 Å². The number of morpholine rings is 1. The lowest BCUT2D eigenvalue weighted by Crippen LogP contribution is -2.48. The Hall–Kier alpha value is -2.68. The fourth-order valence-electron chi connectivity index (χ4n) is 4.21. The number of benzene rings is 2. The summed E-state index contributed by atoms with van der Waals surface area (Å²) in [4.78, 5) is 12.9. The summed E-state index contributed by atoms with van der Waals surface area (Å²) in [6.07, 6.45) is -0.330. The van der Waals surface area contributed by atoms with Crippen molar-refractivity contribution >= 4 is 26.9 Å². The minimum Gasteiger partial charge on any atom is -0.459 e. The van der Waals surface area contributed by atoms with Gasteiger partial charge in [-0.15, -0.1) is 0 Å². The van der Waals surface area contributed by atoms with E-state index < -0.39 is 10.0 Å². The number of furan rings is 1. The topological polar surface area (TPSA) is 88.9 Å². The maximum atomic E-state index is 13.0. The van der Waals surface area contributed by atoms with Crippen LogP contribution in [0.2, 0.25) is 0 Å². The van der Waals surface area contributed by atoms with Crippen molar-refractivity contribution in [3.8, 4) is 0 Å². The Bertz CT molecular complexity index is 1220. The zero-order chi connectivity index (χ0) is 23.0. The molecule has 0 bridgehead atoms. The molecule has 7 nitrogen and oxygen atoms in total. The van der Waals surface area contributed by atoms with Gasteiger partial charge in [0, 0.05) is 29.6 Å². The lowest BCUT2D eigenvalue weighted by Gasteiger charge is -2.34. The van der Waals surface area contributed by atoms with Crippen molar-refractivity contribution in [3.63, 3.8) is 0 Å². The zero-order valence-electron chi connectivity index (χ0n) is 18.7. The Morgan fingerprint density at radius 1 is 1.06 bits per heavy atom. The number of fused-ring (bicyclic) bond motifs is 1. The van der Waals surface area contributed by atoms with Crippen molar-refractivity contribution in [2.75, 3.05) is 13.1 Å². The summed E-state index contributed by atoms with van der Waals surface area (Å²) in [6, 6.07) is 13.4. The maximum absolute atomic E-state index is 13.0. The van der Waals surface area contributed by atoms with Crippen molar-refractivity contribution in [2.24, 2.45) is 0 Å². The fraction of sp³-hybridized carbons (Fsp3) is 0.375. The first-order valence-electron chi connectivity index (χ1n) is 10.7. The number of para-hydroxylation sites is 1. The molecule has 1 aromatic heterocycles. The van der Waals surface area contributed by atoms with Crippen molar-refractivity contribution < 1.29 is 22.4 Å². The van der Waals surface area contributed by atoms with Crippen molar-refractivity contribution in [2.45, 2.75) is 50.8 Å². The molecule has 3 atom stereocenters. The van der Waals surface area contributed by atoms with E-state index in [1.165, 1.54) is 28.6 Å². The second-order valence-corrected chi connectivity index (χ2v) is 10.3. The maximum Gasteiger partial charge on any atom is 0.251 e. The average molecular weight is 457 g/mol. The Morgan fingerprint density at radius 3 is 2.31 bits per heavy atom. The zero-order valence-corrected chi connectivity index (χ0v) is 19.5. The third-order valence-electron chi connectivity index (χ3n) is 5.76. The number of carbonyl (C=O) groups excluding carboxylic acids is 1. The number of carbonyl (C=O) groups is 1. The van der Waals surface area contributed by atoms with Crippen molar-refractivity contribution in [1.29, 1.82) is 0 Å². The molecule has 0 saturated carbocycles. The molecule has 1 saturated heterocycles. The van der Waals surface area contributed by atoms with Crippen molar-refractivity contribution in [3.05, 3.63) is 65.4 Å². The molecule has 1 amide bonds. The number of nitrogens with zero attached hydrogens (tertiary/aromatic N) is 1. The second kappa shape index (κ2) is 8.69. The fourth-order valence-corrected chi connectivity index (χ4v) is 5.80. The van der Waals surface area contributed by atoms with E-state index in [9.17, 15) is 13.2 Å². The van der Waals surface area contributed by atoms with Gasteiger partial charge in [0.05, 0.1) is 23.1 Å². The van der Waals surface area contributed by atoms with Gasteiger partial charge in [-0.3, -0.25) is 4.79 Å². The van der Waals surface area contributed by atoms with Crippen LogP contribution in [0.15, 0.2) is 57.8 Å². The van der Waals surface area contributed by atoms with Crippen LogP contribution < -0.4 is 5.32 Å². The van der Waals surface area contributed by atoms with Gasteiger partial charge in [-0.1, -0.05) is 18.2 Å². The molecule has 0 radical (unpaired) electrons. The van der Waals surface area contributed by atoms with E-state index in [4.69, 9.17) is 9.15 Å². The highest BCUT2D eigenvalue weighted by molar-refractivity contribution is 7.89. The molecule has 1 aliphatic heterocycles. The highest BCUT2D eigenvalue weighted by Crippen LogP contribution is 2.29. The van der Waals surface area contributed by atoms with Crippen LogP contribution in [0.25, 0.3) is 11.0 Å². The Labute approximate surface area is 188 Å². The average Bonchev–Trinajstić information content (AvgIpc) is 3.10. The Kier molecular flexibility index (Phi) is 6.11. The third-order valence-corrected chi connectivity index (χ3v) is 7.61. The molecule has 32 heavy (non-hydrogen) atoms. The first kappa shape index (κ1) is 22.5. The van der Waals surface area contributed by atoms with E-state index in [1.807, 2.05) is 52.0 Å². The second-order valence-electron chi connectivity index (χ2n) is 8.39. The van der Waals surface area contributed by atoms with Crippen LogP contribution in [0.5, 0.6) is 0 Å². The number of nitrogens with one attached hydrogen (secondary N) is 1. The van der Waals surface area contributed by atoms with Crippen LogP contribution in [-0.2, 0) is 14.8 Å². The Balaban J connectivity index is 1.48. The molecule has 1 fully saturated rings. The summed E-state index contributed by atoms with van der Waals surface area (Å²) < 4.78 is 39.0. The standard InChI is InChI=1S/C24H28N2O5S/c1-15-13-26(14-16(2)30-15)32(28,29)20-11-9-19(10-12-20)24(27)25-18(4)23-17(3)21-7-5-6-8-22(21)31-23/h5-12,15-16,18H,13-14H2,1-4H3,(H,25,27). The van der Waals surface area contributed by atoms with E-state index in [1.54, 1.807) is 0 Å². The predicted octanol–water partition coefficient (Wildman–Crippen LogP) is 4.03. The number of hydrogen-bond donors (Lipinski definition) is 1. The highest BCUT2D eigenvalue weighted by atomic mass is 32.2. The molecule has 0 aliphatic carbocycles. The summed E-state index contributed by atoms with van der Waals surface area (Å²) in [5, 5.41) is 3.96. The normalized spacial score (nSPS) is 20.9. The molecule has 1 N–H and O–H groups in total. The van der Waals surface area contributed by atoms with E-state index in [2.05, 4.69) is 5.32 Å². The van der Waals surface area contributed by atoms with Crippen LogP contribution in [0.1, 0.15) is 48.5 Å². The van der Waals surface area contributed by atoms with Gasteiger partial charge in [-0.2, -0.15) is 4.31 Å². The third kappa shape index (κ3) is 4.30. The molecule has 2 aromatic carbocycles. The minimum atomic E-state index is -3.65. The molecule has 2 heterocycles. The monoisotopic (exact) mass is 456 g/mol.